The van der Waals surface area contributed by atoms with Gasteiger partial charge in [-0.1, -0.05) is 11.3 Å². The number of aryl methyl sites for hydroxylation is 2. The van der Waals surface area contributed by atoms with E-state index >= 15 is 0 Å². The third-order valence-corrected chi connectivity index (χ3v) is 2.57. The fourth-order valence-corrected chi connectivity index (χ4v) is 1.97. The van der Waals surface area contributed by atoms with Gasteiger partial charge in [-0.3, -0.25) is 0 Å². The van der Waals surface area contributed by atoms with Gasteiger partial charge >= 0.3 is 0 Å². The topological polar surface area (TPSA) is 50.4 Å². The first-order valence-electron chi connectivity index (χ1n) is 3.65. The van der Waals surface area contributed by atoms with Crippen molar-refractivity contribution in [1.29, 1.82) is 0 Å². The highest BCUT2D eigenvalue weighted by molar-refractivity contribution is 7.16. The van der Waals surface area contributed by atoms with Gasteiger partial charge in [0.15, 0.2) is 0 Å². The fraction of sp³-hybridized carbons (Fsp3) is 0.429. The van der Waals surface area contributed by atoms with Crippen molar-refractivity contribution in [3.8, 4) is 0 Å². The molecule has 0 radical (unpaired) electrons. The van der Waals surface area contributed by atoms with Crippen LogP contribution in [0.2, 0.25) is 0 Å². The van der Waals surface area contributed by atoms with Crippen LogP contribution in [-0.4, -0.2) is 19.7 Å². The van der Waals surface area contributed by atoms with Gasteiger partial charge in [0.1, 0.15) is 5.01 Å². The second kappa shape index (κ2) is 2.53. The van der Waals surface area contributed by atoms with E-state index in [1.54, 1.807) is 4.52 Å². The summed E-state index contributed by atoms with van der Waals surface area (Å²) in [7, 11) is 0. The van der Waals surface area contributed by atoms with E-state index in [2.05, 4.69) is 10.1 Å². The zero-order chi connectivity index (χ0) is 8.72. The van der Waals surface area contributed by atoms with Gasteiger partial charge in [-0.05, 0) is 13.8 Å². The van der Waals surface area contributed by atoms with E-state index in [1.807, 2.05) is 13.8 Å². The van der Waals surface area contributed by atoms with Gasteiger partial charge in [0.25, 0.3) is 0 Å². The summed E-state index contributed by atoms with van der Waals surface area (Å²) >= 11 is 1.53. The van der Waals surface area contributed by atoms with Crippen molar-refractivity contribution >= 4 is 16.3 Å². The average Bonchev–Trinajstić information content (AvgIpc) is 2.43. The molecule has 0 aromatic carbocycles. The Hall–Kier alpha value is -0.940. The van der Waals surface area contributed by atoms with Gasteiger partial charge in [-0.15, -0.1) is 0 Å². The van der Waals surface area contributed by atoms with Crippen molar-refractivity contribution in [3.63, 3.8) is 0 Å². The summed E-state index contributed by atoms with van der Waals surface area (Å²) in [5.74, 6) is 0. The molecule has 2 rings (SSSR count). The lowest BCUT2D eigenvalue weighted by Crippen LogP contribution is -1.94. The number of hydrogen-bond acceptors (Lipinski definition) is 4. The first-order chi connectivity index (χ1) is 5.72. The van der Waals surface area contributed by atoms with Crippen molar-refractivity contribution < 1.29 is 5.11 Å². The van der Waals surface area contributed by atoms with Crippen LogP contribution in [0.4, 0.5) is 0 Å². The molecule has 12 heavy (non-hydrogen) atoms. The number of aliphatic hydroxyl groups excluding tert-OH is 1. The van der Waals surface area contributed by atoms with Crippen LogP contribution in [0, 0.1) is 13.8 Å². The number of fused-ring (bicyclic) bond motifs is 1. The Bertz CT molecular complexity index is 417. The normalized spacial score (nSPS) is 11.2. The summed E-state index contributed by atoms with van der Waals surface area (Å²) < 4.78 is 1.70. The SMILES string of the molecule is Cc1nn2c(CO)c(C)nc2s1. The molecule has 0 saturated carbocycles. The van der Waals surface area contributed by atoms with E-state index < -0.39 is 0 Å². The maximum atomic E-state index is 9.02. The highest BCUT2D eigenvalue weighted by atomic mass is 32.1. The van der Waals surface area contributed by atoms with Gasteiger partial charge < -0.3 is 5.11 Å². The molecule has 0 aliphatic heterocycles. The second-order valence-corrected chi connectivity index (χ2v) is 3.78. The highest BCUT2D eigenvalue weighted by Gasteiger charge is 2.10. The molecular weight excluding hydrogens is 174 g/mol. The fourth-order valence-electron chi connectivity index (χ4n) is 1.17. The van der Waals surface area contributed by atoms with Crippen LogP contribution in [-0.2, 0) is 6.61 Å². The smallest absolute Gasteiger partial charge is 0.212 e. The number of hydrogen-bond donors (Lipinski definition) is 1. The molecule has 0 spiro atoms. The first kappa shape index (κ1) is 7.70. The maximum Gasteiger partial charge on any atom is 0.212 e. The van der Waals surface area contributed by atoms with Crippen molar-refractivity contribution in [3.05, 3.63) is 16.4 Å². The quantitative estimate of drug-likeness (QED) is 0.714. The Labute approximate surface area is 73.5 Å². The predicted octanol–water partition coefficient (Wildman–Crippen LogP) is 0.900. The lowest BCUT2D eigenvalue weighted by Gasteiger charge is -1.91. The van der Waals surface area contributed by atoms with Gasteiger partial charge in [-0.25, -0.2) is 9.50 Å². The molecule has 0 amide bonds. The van der Waals surface area contributed by atoms with Crippen LogP contribution in [0.3, 0.4) is 0 Å². The Kier molecular flexibility index (Phi) is 1.62. The molecule has 64 valence electrons. The van der Waals surface area contributed by atoms with E-state index in [0.29, 0.717) is 0 Å². The largest absolute Gasteiger partial charge is 0.390 e. The molecule has 2 aromatic rings. The number of aromatic nitrogens is 3. The maximum absolute atomic E-state index is 9.02. The number of imidazole rings is 1. The molecule has 5 heteroatoms. The van der Waals surface area contributed by atoms with Crippen molar-refractivity contribution in [1.82, 2.24) is 14.6 Å². The van der Waals surface area contributed by atoms with Crippen molar-refractivity contribution in [2.75, 3.05) is 0 Å². The third-order valence-electron chi connectivity index (χ3n) is 1.75. The van der Waals surface area contributed by atoms with E-state index in [9.17, 15) is 0 Å². The molecule has 0 aliphatic rings. The van der Waals surface area contributed by atoms with Crippen LogP contribution in [0.1, 0.15) is 16.4 Å². The highest BCUT2D eigenvalue weighted by Crippen LogP contribution is 2.17. The Balaban J connectivity index is 2.78. The minimum absolute atomic E-state index is 0.00380. The number of nitrogens with zero attached hydrogens (tertiary/aromatic N) is 3. The van der Waals surface area contributed by atoms with Gasteiger partial charge in [0.05, 0.1) is 18.0 Å². The molecule has 0 aliphatic carbocycles. The third kappa shape index (κ3) is 0.937. The molecule has 4 nitrogen and oxygen atoms in total. The lowest BCUT2D eigenvalue weighted by molar-refractivity contribution is 0.273. The lowest BCUT2D eigenvalue weighted by atomic mass is 10.4. The molecule has 2 aromatic heterocycles. The number of rotatable bonds is 1. The Morgan fingerprint density at radius 1 is 1.50 bits per heavy atom. The number of aliphatic hydroxyl groups is 1. The first-order valence-corrected chi connectivity index (χ1v) is 4.46. The molecule has 0 unspecified atom stereocenters. The molecule has 0 saturated heterocycles. The molecule has 1 N–H and O–H groups in total. The van der Waals surface area contributed by atoms with Crippen LogP contribution >= 0.6 is 11.3 Å². The monoisotopic (exact) mass is 183 g/mol. The molecule has 0 bridgehead atoms. The summed E-state index contributed by atoms with van der Waals surface area (Å²) in [6.07, 6.45) is 0. The molecule has 0 fully saturated rings. The van der Waals surface area contributed by atoms with Crippen molar-refractivity contribution in [2.45, 2.75) is 20.5 Å². The minimum Gasteiger partial charge on any atom is -0.390 e. The van der Waals surface area contributed by atoms with E-state index in [0.717, 1.165) is 21.4 Å². The summed E-state index contributed by atoms with van der Waals surface area (Å²) in [5.41, 5.74) is 1.64. The van der Waals surface area contributed by atoms with Crippen LogP contribution in [0.5, 0.6) is 0 Å². The van der Waals surface area contributed by atoms with Gasteiger partial charge in [0, 0.05) is 0 Å². The van der Waals surface area contributed by atoms with E-state index in [1.165, 1.54) is 11.3 Å². The molecule has 0 atom stereocenters. The molecule has 2 heterocycles. The van der Waals surface area contributed by atoms with Crippen LogP contribution in [0.25, 0.3) is 4.96 Å². The molecular formula is C7H9N3OS. The summed E-state index contributed by atoms with van der Waals surface area (Å²) in [6.45, 7) is 3.80. The summed E-state index contributed by atoms with van der Waals surface area (Å²) in [6, 6.07) is 0. The van der Waals surface area contributed by atoms with Crippen LogP contribution in [0.15, 0.2) is 0 Å². The zero-order valence-electron chi connectivity index (χ0n) is 6.90. The summed E-state index contributed by atoms with van der Waals surface area (Å²) in [4.78, 5) is 5.12. The van der Waals surface area contributed by atoms with Crippen LogP contribution < -0.4 is 0 Å². The Morgan fingerprint density at radius 2 is 2.25 bits per heavy atom. The standard InChI is InChI=1S/C7H9N3OS/c1-4-6(3-11)10-7(8-4)12-5(2)9-10/h11H,3H2,1-2H3. The van der Waals surface area contributed by atoms with Gasteiger partial charge in [-0.2, -0.15) is 5.10 Å². The van der Waals surface area contributed by atoms with Crippen molar-refractivity contribution in [2.24, 2.45) is 0 Å². The zero-order valence-corrected chi connectivity index (χ0v) is 7.72. The van der Waals surface area contributed by atoms with E-state index in [-0.39, 0.29) is 6.61 Å². The minimum atomic E-state index is -0.00380. The second-order valence-electron chi connectivity index (χ2n) is 2.62. The van der Waals surface area contributed by atoms with E-state index in [4.69, 9.17) is 5.11 Å². The Morgan fingerprint density at radius 3 is 2.92 bits per heavy atom. The summed E-state index contributed by atoms with van der Waals surface area (Å²) in [5, 5.41) is 14.2. The predicted molar refractivity (Wildman–Crippen MR) is 46.3 cm³/mol. The average molecular weight is 183 g/mol. The van der Waals surface area contributed by atoms with Gasteiger partial charge in [0.2, 0.25) is 4.96 Å².